The number of aromatic nitrogens is 2. The van der Waals surface area contributed by atoms with Crippen molar-refractivity contribution in [2.75, 3.05) is 0 Å². The number of hydrogen-bond acceptors (Lipinski definition) is 3. The molecule has 0 saturated heterocycles. The number of para-hydroxylation sites is 4. The van der Waals surface area contributed by atoms with Gasteiger partial charge in [-0.2, -0.15) is 10.5 Å². The van der Waals surface area contributed by atoms with Crippen LogP contribution in [0.25, 0.3) is 92.9 Å². The van der Waals surface area contributed by atoms with Gasteiger partial charge in [0, 0.05) is 38.3 Å². The molecule has 6 nitrogen and oxygen atoms in total. The molecule has 10 rings (SSSR count). The highest BCUT2D eigenvalue weighted by molar-refractivity contribution is 6.24. The molecule has 51 heavy (non-hydrogen) atoms. The third kappa shape index (κ3) is 3.95. The molecule has 0 aliphatic heterocycles. The zero-order chi connectivity index (χ0) is 34.2. The van der Waals surface area contributed by atoms with E-state index in [4.69, 9.17) is 11.0 Å². The first kappa shape index (κ1) is 28.4. The molecule has 0 bridgehead atoms. The number of nitrogens with zero attached hydrogens (tertiary/aromatic N) is 5. The predicted octanol–water partition coefficient (Wildman–Crippen LogP) is 11.7. The number of rotatable bonds is 3. The van der Waals surface area contributed by atoms with E-state index in [1.807, 2.05) is 72.8 Å². The van der Waals surface area contributed by atoms with E-state index < -0.39 is 0 Å². The molecule has 7 aromatic carbocycles. The van der Waals surface area contributed by atoms with E-state index in [0.717, 1.165) is 76.9 Å². The summed E-state index contributed by atoms with van der Waals surface area (Å²) in [6.07, 6.45) is 0. The first-order valence-electron chi connectivity index (χ1n) is 16.5. The Morgan fingerprint density at radius 1 is 0.529 bits per heavy atom. The van der Waals surface area contributed by atoms with Crippen LogP contribution < -0.4 is 0 Å². The molecule has 0 unspecified atom stereocenters. The number of hydrogen-bond donors (Lipinski definition) is 0. The Kier molecular flexibility index (Phi) is 5.97. The zero-order valence-corrected chi connectivity index (χ0v) is 26.9. The molecule has 0 aliphatic carbocycles. The Balaban J connectivity index is 1.27. The minimum Gasteiger partial charge on any atom is -0.455 e. The third-order valence-corrected chi connectivity index (χ3v) is 10.0. The lowest BCUT2D eigenvalue weighted by molar-refractivity contribution is 0.673. The van der Waals surface area contributed by atoms with Crippen LogP contribution in [0.1, 0.15) is 11.1 Å². The van der Waals surface area contributed by atoms with Crippen molar-refractivity contribution in [3.8, 4) is 34.6 Å². The van der Waals surface area contributed by atoms with Crippen molar-refractivity contribution >= 4 is 71.2 Å². The molecule has 0 spiro atoms. The average Bonchev–Trinajstić information content (AvgIpc) is 3.85. The second kappa shape index (κ2) is 10.7. The van der Waals surface area contributed by atoms with E-state index in [0.29, 0.717) is 16.8 Å². The van der Waals surface area contributed by atoms with Crippen molar-refractivity contribution in [2.45, 2.75) is 0 Å². The largest absolute Gasteiger partial charge is 0.455 e. The molecule has 10 aromatic rings. The Hall–Kier alpha value is -7.59. The zero-order valence-electron chi connectivity index (χ0n) is 26.9. The van der Waals surface area contributed by atoms with Crippen molar-refractivity contribution in [2.24, 2.45) is 0 Å². The highest BCUT2D eigenvalue weighted by atomic mass is 16.3. The van der Waals surface area contributed by atoms with E-state index in [9.17, 15) is 10.5 Å². The maximum atomic E-state index is 10.5. The van der Waals surface area contributed by atoms with Crippen molar-refractivity contribution in [1.82, 2.24) is 9.13 Å². The van der Waals surface area contributed by atoms with Gasteiger partial charge in [0.2, 0.25) is 0 Å². The predicted molar refractivity (Wildman–Crippen MR) is 204 cm³/mol. The van der Waals surface area contributed by atoms with E-state index >= 15 is 0 Å². The van der Waals surface area contributed by atoms with Gasteiger partial charge in [0.25, 0.3) is 0 Å². The molecule has 3 aromatic heterocycles. The fraction of sp³-hybridized carbons (Fsp3) is 0. The molecular formula is C45H23N5O. The average molecular weight is 650 g/mol. The summed E-state index contributed by atoms with van der Waals surface area (Å²) < 4.78 is 10.8. The van der Waals surface area contributed by atoms with Crippen molar-refractivity contribution < 1.29 is 4.42 Å². The SMILES string of the molecule is [C-]#[N+]c1ccc(-n2c3ccccc3c3c4oc5ccccc5c4ccc32)cc1-c1cc(-n2c3ccccc3c3ccccc32)cc(C#N)c1C#N. The van der Waals surface area contributed by atoms with E-state index in [1.54, 1.807) is 12.1 Å². The molecule has 0 saturated carbocycles. The van der Waals surface area contributed by atoms with Gasteiger partial charge in [0.1, 0.15) is 23.3 Å². The molecule has 0 aliphatic rings. The second-order valence-corrected chi connectivity index (χ2v) is 12.6. The van der Waals surface area contributed by atoms with Gasteiger partial charge >= 0.3 is 0 Å². The Morgan fingerprint density at radius 2 is 1.14 bits per heavy atom. The lowest BCUT2D eigenvalue weighted by atomic mass is 9.94. The van der Waals surface area contributed by atoms with Crippen LogP contribution in [0.3, 0.4) is 0 Å². The summed E-state index contributed by atoms with van der Waals surface area (Å²) in [5, 5.41) is 27.3. The van der Waals surface area contributed by atoms with Gasteiger partial charge in [-0.1, -0.05) is 78.9 Å². The van der Waals surface area contributed by atoms with Gasteiger partial charge < -0.3 is 13.6 Å². The van der Waals surface area contributed by atoms with Crippen molar-refractivity contribution in [3.63, 3.8) is 0 Å². The van der Waals surface area contributed by atoms with Crippen molar-refractivity contribution in [1.29, 1.82) is 10.5 Å². The Labute approximate surface area is 291 Å². The minimum absolute atomic E-state index is 0.232. The second-order valence-electron chi connectivity index (χ2n) is 12.6. The monoisotopic (exact) mass is 649 g/mol. The van der Waals surface area contributed by atoms with Crippen LogP contribution in [-0.4, -0.2) is 9.13 Å². The number of benzene rings is 7. The van der Waals surface area contributed by atoms with Crippen LogP contribution in [0.15, 0.2) is 144 Å². The fourth-order valence-electron chi connectivity index (χ4n) is 7.87. The van der Waals surface area contributed by atoms with Crippen LogP contribution in [-0.2, 0) is 0 Å². The van der Waals surface area contributed by atoms with Crippen LogP contribution in [0.5, 0.6) is 0 Å². The van der Waals surface area contributed by atoms with Gasteiger partial charge in [0.05, 0.1) is 45.2 Å². The van der Waals surface area contributed by atoms with Crippen LogP contribution in [0.4, 0.5) is 5.69 Å². The van der Waals surface area contributed by atoms with Crippen LogP contribution in [0, 0.1) is 29.2 Å². The maximum Gasteiger partial charge on any atom is 0.195 e. The summed E-state index contributed by atoms with van der Waals surface area (Å²) in [6, 6.07) is 50.9. The fourth-order valence-corrected chi connectivity index (χ4v) is 7.87. The van der Waals surface area contributed by atoms with Gasteiger partial charge in [0.15, 0.2) is 5.69 Å². The van der Waals surface area contributed by atoms with Crippen LogP contribution in [0.2, 0.25) is 0 Å². The molecule has 234 valence electrons. The first-order chi connectivity index (χ1) is 25.2. The number of nitriles is 2. The molecular weight excluding hydrogens is 627 g/mol. The van der Waals surface area contributed by atoms with Gasteiger partial charge in [-0.25, -0.2) is 4.85 Å². The molecule has 0 atom stereocenters. The summed E-state index contributed by atoms with van der Waals surface area (Å²) in [6.45, 7) is 8.17. The standard InChI is InChI=1S/C45H23N5O/c1-48-38-20-18-28(49-41-16-8-4-13-34(41)44-42(49)21-19-33-32-12-5-9-17-43(32)51-45(33)44)23-36(38)35-24-29(22-27(25-46)37(35)26-47)50-39-14-6-2-10-30(39)31-11-3-7-15-40(31)50/h2-24H. The summed E-state index contributed by atoms with van der Waals surface area (Å²) in [7, 11) is 0. The van der Waals surface area contributed by atoms with Crippen molar-refractivity contribution in [3.05, 3.63) is 162 Å². The molecule has 3 heterocycles. The Bertz CT molecular complexity index is 3190. The Morgan fingerprint density at radius 3 is 1.82 bits per heavy atom. The highest BCUT2D eigenvalue weighted by Crippen LogP contribution is 2.43. The normalized spacial score (nSPS) is 11.5. The molecule has 0 fully saturated rings. The smallest absolute Gasteiger partial charge is 0.195 e. The summed E-state index contributed by atoms with van der Waals surface area (Å²) in [5.41, 5.74) is 9.11. The lowest BCUT2D eigenvalue weighted by Crippen LogP contribution is -2.00. The van der Waals surface area contributed by atoms with Gasteiger partial charge in [-0.15, -0.1) is 0 Å². The summed E-state index contributed by atoms with van der Waals surface area (Å²) >= 11 is 0. The van der Waals surface area contributed by atoms with E-state index in [2.05, 4.69) is 80.7 Å². The van der Waals surface area contributed by atoms with Gasteiger partial charge in [-0.3, -0.25) is 0 Å². The topological polar surface area (TPSA) is 74.9 Å². The summed E-state index contributed by atoms with van der Waals surface area (Å²) in [5.74, 6) is 0. The van der Waals surface area contributed by atoms with E-state index in [-0.39, 0.29) is 11.1 Å². The lowest BCUT2D eigenvalue weighted by Gasteiger charge is -2.16. The number of furan rings is 1. The van der Waals surface area contributed by atoms with Gasteiger partial charge in [-0.05, 0) is 71.8 Å². The minimum atomic E-state index is 0.232. The molecule has 0 radical (unpaired) electrons. The van der Waals surface area contributed by atoms with Crippen LogP contribution >= 0.6 is 0 Å². The quantitative estimate of drug-likeness (QED) is 0.179. The summed E-state index contributed by atoms with van der Waals surface area (Å²) in [4.78, 5) is 3.91. The van der Waals surface area contributed by atoms with E-state index in [1.165, 1.54) is 0 Å². The number of fused-ring (bicyclic) bond motifs is 10. The molecule has 0 N–H and O–H groups in total. The first-order valence-corrected chi connectivity index (χ1v) is 16.5. The molecule has 0 amide bonds. The maximum absolute atomic E-state index is 10.5. The highest BCUT2D eigenvalue weighted by Gasteiger charge is 2.22. The third-order valence-electron chi connectivity index (χ3n) is 10.0. The molecule has 6 heteroatoms.